The normalized spacial score (nSPS) is 18.4. The van der Waals surface area contributed by atoms with Gasteiger partial charge in [-0.15, -0.1) is 11.8 Å². The minimum absolute atomic E-state index is 0.0141. The highest BCUT2D eigenvalue weighted by Gasteiger charge is 2.29. The molecule has 3 amide bonds. The first kappa shape index (κ1) is 19.4. The minimum atomic E-state index is -0.517. The number of fused-ring (bicyclic) bond motifs is 1. The molecule has 0 bridgehead atoms. The second-order valence-corrected chi connectivity index (χ2v) is 7.82. The third-order valence-corrected chi connectivity index (χ3v) is 5.93. The molecule has 2 aromatic rings. The molecule has 10 heteroatoms. The first-order chi connectivity index (χ1) is 14.1. The van der Waals surface area contributed by atoms with Crippen molar-refractivity contribution in [1.82, 2.24) is 15.1 Å². The second-order valence-electron chi connectivity index (χ2n) is 6.97. The first-order valence-corrected chi connectivity index (χ1v) is 10.7. The van der Waals surface area contributed by atoms with E-state index in [1.54, 1.807) is 11.0 Å². The maximum absolute atomic E-state index is 13.0. The van der Waals surface area contributed by atoms with Gasteiger partial charge in [-0.05, 0) is 25.2 Å². The van der Waals surface area contributed by atoms with E-state index in [1.165, 1.54) is 18.0 Å². The first-order valence-electron chi connectivity index (χ1n) is 9.43. The van der Waals surface area contributed by atoms with Gasteiger partial charge in [0.2, 0.25) is 0 Å². The van der Waals surface area contributed by atoms with E-state index in [-0.39, 0.29) is 11.9 Å². The van der Waals surface area contributed by atoms with Crippen molar-refractivity contribution < 1.29 is 19.1 Å². The molecule has 1 aromatic carbocycles. The van der Waals surface area contributed by atoms with E-state index in [4.69, 9.17) is 15.2 Å². The number of anilines is 1. The largest absolute Gasteiger partial charge is 0.486 e. The summed E-state index contributed by atoms with van der Waals surface area (Å²) < 4.78 is 11.3. The number of carbonyl (C=O) groups is 2. The zero-order valence-electron chi connectivity index (χ0n) is 16.1. The fourth-order valence-corrected chi connectivity index (χ4v) is 4.29. The summed E-state index contributed by atoms with van der Waals surface area (Å²) in [6.07, 6.45) is 5.07. The van der Waals surface area contributed by atoms with E-state index < -0.39 is 5.91 Å². The summed E-state index contributed by atoms with van der Waals surface area (Å²) in [6, 6.07) is 3.50. The number of nitrogens with one attached hydrogen (secondary N) is 2. The average Bonchev–Trinajstić information content (AvgIpc) is 3.23. The number of nitrogens with zero attached hydrogens (tertiary/aromatic N) is 2. The van der Waals surface area contributed by atoms with Crippen molar-refractivity contribution in [3.8, 4) is 11.5 Å². The van der Waals surface area contributed by atoms with Gasteiger partial charge in [0, 0.05) is 30.0 Å². The van der Waals surface area contributed by atoms with E-state index in [2.05, 4.69) is 15.5 Å². The molecule has 4 rings (SSSR count). The fraction of sp³-hybridized carbons (Fsp3) is 0.421. The number of nitrogens with two attached hydrogens (primary N) is 1. The topological polar surface area (TPSA) is 123 Å². The van der Waals surface area contributed by atoms with Gasteiger partial charge in [0.15, 0.2) is 11.5 Å². The zero-order chi connectivity index (χ0) is 20.4. The number of primary amides is 1. The van der Waals surface area contributed by atoms with Crippen LogP contribution in [-0.2, 0) is 0 Å². The molecule has 0 spiro atoms. The third kappa shape index (κ3) is 3.98. The lowest BCUT2D eigenvalue weighted by Gasteiger charge is -2.33. The quantitative estimate of drug-likeness (QED) is 0.657. The number of benzene rings is 1. The Labute approximate surface area is 172 Å². The summed E-state index contributed by atoms with van der Waals surface area (Å²) in [5.74, 6) is 0.787. The summed E-state index contributed by atoms with van der Waals surface area (Å²) in [7, 11) is 0. The highest BCUT2D eigenvalue weighted by molar-refractivity contribution is 7.98. The molecule has 1 atom stereocenters. The van der Waals surface area contributed by atoms with Crippen LogP contribution < -0.4 is 20.5 Å². The fourth-order valence-electron chi connectivity index (χ4n) is 3.73. The number of piperidine rings is 1. The highest BCUT2D eigenvalue weighted by atomic mass is 32.2. The van der Waals surface area contributed by atoms with E-state index in [0.29, 0.717) is 54.7 Å². The van der Waals surface area contributed by atoms with Crippen LogP contribution in [0.5, 0.6) is 11.5 Å². The number of likely N-dealkylation sites (tertiary alicyclic amines) is 1. The summed E-state index contributed by atoms with van der Waals surface area (Å²) in [5, 5.41) is 9.82. The smallest absolute Gasteiger partial charge is 0.321 e. The Hall–Kier alpha value is -2.88. The molecule has 1 saturated heterocycles. The number of H-pyrrole nitrogens is 1. The van der Waals surface area contributed by atoms with Gasteiger partial charge in [-0.3, -0.25) is 9.89 Å². The Balaban J connectivity index is 1.50. The van der Waals surface area contributed by atoms with Crippen molar-refractivity contribution in [2.24, 2.45) is 5.73 Å². The molecule has 9 nitrogen and oxygen atoms in total. The van der Waals surface area contributed by atoms with Crippen molar-refractivity contribution >= 4 is 29.4 Å². The minimum Gasteiger partial charge on any atom is -0.486 e. The van der Waals surface area contributed by atoms with E-state index >= 15 is 0 Å². The zero-order valence-corrected chi connectivity index (χ0v) is 16.9. The molecule has 0 radical (unpaired) electrons. The van der Waals surface area contributed by atoms with E-state index in [1.807, 2.05) is 12.3 Å². The van der Waals surface area contributed by atoms with Gasteiger partial charge in [0.05, 0.1) is 23.1 Å². The SMILES string of the molecule is CSc1cc2c(cc1NC(=O)N1CCC[C@H](c3[nH]ncc3C(N)=O)C1)OCCO2. The number of aromatic nitrogens is 2. The standard InChI is InChI=1S/C19H23N5O4S/c1-29-16-8-15-14(27-5-6-28-15)7-13(16)22-19(26)24-4-2-3-11(10-24)17-12(18(20)25)9-21-23-17/h7-9,11H,2-6,10H2,1H3,(H2,20,25)(H,21,23)(H,22,26)/t11-/m0/s1. The lowest BCUT2D eigenvalue weighted by Crippen LogP contribution is -2.42. The highest BCUT2D eigenvalue weighted by Crippen LogP contribution is 2.39. The number of rotatable bonds is 4. The van der Waals surface area contributed by atoms with Crippen molar-refractivity contribution in [1.29, 1.82) is 0 Å². The molecule has 4 N–H and O–H groups in total. The van der Waals surface area contributed by atoms with Crippen LogP contribution in [0.3, 0.4) is 0 Å². The van der Waals surface area contributed by atoms with Crippen molar-refractivity contribution in [2.45, 2.75) is 23.7 Å². The summed E-state index contributed by atoms with van der Waals surface area (Å²) in [6.45, 7) is 2.12. The number of carbonyl (C=O) groups excluding carboxylic acids is 2. The van der Waals surface area contributed by atoms with Gasteiger partial charge in [0.1, 0.15) is 13.2 Å². The molecule has 1 aromatic heterocycles. The molecule has 2 aliphatic heterocycles. The predicted octanol–water partition coefficient (Wildman–Crippen LogP) is 2.41. The molecule has 1 fully saturated rings. The maximum Gasteiger partial charge on any atom is 0.321 e. The second kappa shape index (κ2) is 8.24. The summed E-state index contributed by atoms with van der Waals surface area (Å²) in [4.78, 5) is 27.2. The Morgan fingerprint density at radius 1 is 1.31 bits per heavy atom. The molecule has 0 aliphatic carbocycles. The van der Waals surface area contributed by atoms with Crippen LogP contribution in [0.2, 0.25) is 0 Å². The summed E-state index contributed by atoms with van der Waals surface area (Å²) >= 11 is 1.53. The van der Waals surface area contributed by atoms with Gasteiger partial charge >= 0.3 is 6.03 Å². The lowest BCUT2D eigenvalue weighted by molar-refractivity contribution is 0.0998. The molecular weight excluding hydrogens is 394 g/mol. The van der Waals surface area contributed by atoms with Crippen molar-refractivity contribution in [3.63, 3.8) is 0 Å². The number of amides is 3. The molecule has 29 heavy (non-hydrogen) atoms. The van der Waals surface area contributed by atoms with Crippen LogP contribution >= 0.6 is 11.8 Å². The molecule has 0 unspecified atom stereocenters. The van der Waals surface area contributed by atoms with Crippen LogP contribution in [0.25, 0.3) is 0 Å². The number of urea groups is 1. The third-order valence-electron chi connectivity index (χ3n) is 5.16. The number of ether oxygens (including phenoxy) is 2. The number of hydrogen-bond donors (Lipinski definition) is 3. The Morgan fingerprint density at radius 3 is 2.79 bits per heavy atom. The van der Waals surface area contributed by atoms with Crippen LogP contribution in [0, 0.1) is 0 Å². The Bertz CT molecular complexity index is 931. The maximum atomic E-state index is 13.0. The molecular formula is C19H23N5O4S. The van der Waals surface area contributed by atoms with Crippen molar-refractivity contribution in [3.05, 3.63) is 29.6 Å². The van der Waals surface area contributed by atoms with E-state index in [0.717, 1.165) is 17.7 Å². The molecule has 3 heterocycles. The van der Waals surface area contributed by atoms with Crippen LogP contribution in [0.15, 0.2) is 23.2 Å². The average molecular weight is 417 g/mol. The lowest BCUT2D eigenvalue weighted by atomic mass is 9.92. The summed E-state index contributed by atoms with van der Waals surface area (Å²) in [5.41, 5.74) is 7.20. The van der Waals surface area contributed by atoms with Crippen LogP contribution in [0.4, 0.5) is 10.5 Å². The Morgan fingerprint density at radius 2 is 2.07 bits per heavy atom. The van der Waals surface area contributed by atoms with Gasteiger partial charge in [-0.2, -0.15) is 5.10 Å². The number of hydrogen-bond acceptors (Lipinski definition) is 6. The van der Waals surface area contributed by atoms with Gasteiger partial charge in [0.25, 0.3) is 5.91 Å². The van der Waals surface area contributed by atoms with Crippen LogP contribution in [-0.4, -0.2) is 59.6 Å². The number of thioether (sulfide) groups is 1. The molecule has 2 aliphatic rings. The van der Waals surface area contributed by atoms with Crippen LogP contribution in [0.1, 0.15) is 34.8 Å². The van der Waals surface area contributed by atoms with Crippen molar-refractivity contribution in [2.75, 3.05) is 37.9 Å². The van der Waals surface area contributed by atoms with Gasteiger partial charge in [-0.1, -0.05) is 0 Å². The Kier molecular flexibility index (Phi) is 5.52. The van der Waals surface area contributed by atoms with Gasteiger partial charge < -0.3 is 25.4 Å². The van der Waals surface area contributed by atoms with Gasteiger partial charge in [-0.25, -0.2) is 4.79 Å². The molecule has 154 valence electrons. The van der Waals surface area contributed by atoms with E-state index in [9.17, 15) is 9.59 Å². The predicted molar refractivity (Wildman–Crippen MR) is 109 cm³/mol. The monoisotopic (exact) mass is 417 g/mol. The molecule has 0 saturated carbocycles. The number of aromatic amines is 1.